The number of hydrogen-bond acceptors (Lipinski definition) is 2. The molecular weight excluding hydrogens is 222 g/mol. The highest BCUT2D eigenvalue weighted by atomic mass is 16.3. The summed E-state index contributed by atoms with van der Waals surface area (Å²) in [5.41, 5.74) is 3.21. The summed E-state index contributed by atoms with van der Waals surface area (Å²) in [7, 11) is 0. The van der Waals surface area contributed by atoms with Crippen LogP contribution in [-0.2, 0) is 5.41 Å². The van der Waals surface area contributed by atoms with E-state index in [9.17, 15) is 0 Å². The molecule has 0 saturated heterocycles. The molecule has 1 aliphatic rings. The Morgan fingerprint density at radius 3 is 2.83 bits per heavy atom. The van der Waals surface area contributed by atoms with Crippen LogP contribution >= 0.6 is 0 Å². The van der Waals surface area contributed by atoms with Gasteiger partial charge in [-0.25, -0.2) is 0 Å². The molecule has 18 heavy (non-hydrogen) atoms. The van der Waals surface area contributed by atoms with Crippen molar-refractivity contribution < 1.29 is 5.11 Å². The summed E-state index contributed by atoms with van der Waals surface area (Å²) in [6, 6.07) is 9.59. The molecule has 0 saturated carbocycles. The van der Waals surface area contributed by atoms with Crippen molar-refractivity contribution in [2.24, 2.45) is 0 Å². The molecule has 0 fully saturated rings. The molecular formula is C16H25NO. The second kappa shape index (κ2) is 5.41. The van der Waals surface area contributed by atoms with E-state index >= 15 is 0 Å². The van der Waals surface area contributed by atoms with Crippen LogP contribution in [0.5, 0.6) is 0 Å². The first-order chi connectivity index (χ1) is 8.54. The van der Waals surface area contributed by atoms with Crippen LogP contribution < -0.4 is 5.32 Å². The predicted octanol–water partition coefficient (Wildman–Crippen LogP) is 3.16. The van der Waals surface area contributed by atoms with Crippen LogP contribution in [0.2, 0.25) is 0 Å². The quantitative estimate of drug-likeness (QED) is 0.856. The summed E-state index contributed by atoms with van der Waals surface area (Å²) >= 11 is 0. The van der Waals surface area contributed by atoms with Crippen molar-refractivity contribution in [1.82, 2.24) is 5.32 Å². The minimum Gasteiger partial charge on any atom is -0.396 e. The van der Waals surface area contributed by atoms with E-state index in [1.165, 1.54) is 24.0 Å². The summed E-state index contributed by atoms with van der Waals surface area (Å²) in [6.07, 6.45) is 3.22. The van der Waals surface area contributed by atoms with E-state index in [0.717, 1.165) is 6.42 Å². The number of nitrogens with one attached hydrogen (secondary N) is 1. The highest BCUT2D eigenvalue weighted by Gasteiger charge is 2.32. The molecule has 0 spiro atoms. The van der Waals surface area contributed by atoms with Gasteiger partial charge < -0.3 is 10.4 Å². The molecule has 1 aromatic rings. The van der Waals surface area contributed by atoms with Crippen LogP contribution in [0.15, 0.2) is 24.3 Å². The second-order valence-corrected chi connectivity index (χ2v) is 6.14. The fourth-order valence-corrected chi connectivity index (χ4v) is 3.01. The molecule has 1 aromatic carbocycles. The first-order valence-corrected chi connectivity index (χ1v) is 7.01. The fourth-order valence-electron chi connectivity index (χ4n) is 3.01. The summed E-state index contributed by atoms with van der Waals surface area (Å²) in [5, 5.41) is 12.7. The van der Waals surface area contributed by atoms with E-state index in [0.29, 0.717) is 12.1 Å². The van der Waals surface area contributed by atoms with Gasteiger partial charge in [-0.3, -0.25) is 0 Å². The van der Waals surface area contributed by atoms with Gasteiger partial charge in [-0.05, 0) is 42.7 Å². The van der Waals surface area contributed by atoms with Crippen LogP contribution in [0.3, 0.4) is 0 Å². The van der Waals surface area contributed by atoms with E-state index < -0.39 is 0 Å². The van der Waals surface area contributed by atoms with E-state index in [4.69, 9.17) is 5.11 Å². The molecule has 2 heteroatoms. The first kappa shape index (κ1) is 13.6. The molecule has 0 aromatic heterocycles. The lowest BCUT2D eigenvalue weighted by Gasteiger charge is -2.38. The van der Waals surface area contributed by atoms with Gasteiger partial charge in [0, 0.05) is 18.7 Å². The smallest absolute Gasteiger partial charge is 0.0445 e. The van der Waals surface area contributed by atoms with Crippen molar-refractivity contribution >= 4 is 0 Å². The number of rotatable bonds is 4. The summed E-state index contributed by atoms with van der Waals surface area (Å²) < 4.78 is 0. The molecule has 0 aliphatic heterocycles. The van der Waals surface area contributed by atoms with E-state index in [1.807, 2.05) is 0 Å². The van der Waals surface area contributed by atoms with Gasteiger partial charge in [0.1, 0.15) is 0 Å². The van der Waals surface area contributed by atoms with Crippen molar-refractivity contribution in [2.75, 3.05) is 6.61 Å². The van der Waals surface area contributed by atoms with Gasteiger partial charge in [0.05, 0.1) is 0 Å². The maximum Gasteiger partial charge on any atom is 0.0445 e. The average molecular weight is 247 g/mol. The number of benzene rings is 1. The number of hydrogen-bond donors (Lipinski definition) is 2. The number of fused-ring (bicyclic) bond motifs is 1. The fraction of sp³-hybridized carbons (Fsp3) is 0.625. The molecule has 0 amide bonds. The minimum absolute atomic E-state index is 0.258. The second-order valence-electron chi connectivity index (χ2n) is 6.14. The number of aliphatic hydroxyl groups is 1. The minimum atomic E-state index is 0.258. The van der Waals surface area contributed by atoms with Gasteiger partial charge in [0.2, 0.25) is 0 Å². The van der Waals surface area contributed by atoms with E-state index in [-0.39, 0.29) is 12.0 Å². The third-order valence-electron chi connectivity index (χ3n) is 4.17. The molecule has 2 N–H and O–H groups in total. The van der Waals surface area contributed by atoms with Crippen molar-refractivity contribution in [3.63, 3.8) is 0 Å². The molecule has 0 heterocycles. The zero-order valence-electron chi connectivity index (χ0n) is 11.7. The van der Waals surface area contributed by atoms with Gasteiger partial charge in [-0.15, -0.1) is 0 Å². The predicted molar refractivity (Wildman–Crippen MR) is 75.7 cm³/mol. The van der Waals surface area contributed by atoms with Crippen LogP contribution in [0.1, 0.15) is 57.2 Å². The SMILES string of the molecule is CC(CCO)NC1CCC(C)(C)c2ccccc21. The number of aliphatic hydroxyl groups excluding tert-OH is 1. The Morgan fingerprint density at radius 1 is 1.39 bits per heavy atom. The summed E-state index contributed by atoms with van der Waals surface area (Å²) in [6.45, 7) is 7.07. The van der Waals surface area contributed by atoms with Crippen molar-refractivity contribution in [3.05, 3.63) is 35.4 Å². The molecule has 2 rings (SSSR count). The van der Waals surface area contributed by atoms with Crippen LogP contribution in [0, 0.1) is 0 Å². The van der Waals surface area contributed by atoms with Gasteiger partial charge >= 0.3 is 0 Å². The van der Waals surface area contributed by atoms with Crippen LogP contribution in [-0.4, -0.2) is 17.8 Å². The lowest BCUT2D eigenvalue weighted by Crippen LogP contribution is -2.37. The maximum absolute atomic E-state index is 9.00. The van der Waals surface area contributed by atoms with Gasteiger partial charge in [-0.1, -0.05) is 38.1 Å². The van der Waals surface area contributed by atoms with Gasteiger partial charge in [0.25, 0.3) is 0 Å². The topological polar surface area (TPSA) is 32.3 Å². The van der Waals surface area contributed by atoms with E-state index in [2.05, 4.69) is 50.4 Å². The first-order valence-electron chi connectivity index (χ1n) is 7.01. The largest absolute Gasteiger partial charge is 0.396 e. The third kappa shape index (κ3) is 2.76. The summed E-state index contributed by atoms with van der Waals surface area (Å²) in [5.74, 6) is 0. The Labute approximate surface area is 110 Å². The Hall–Kier alpha value is -0.860. The van der Waals surface area contributed by atoms with E-state index in [1.54, 1.807) is 0 Å². The van der Waals surface area contributed by atoms with Crippen molar-refractivity contribution in [1.29, 1.82) is 0 Å². The van der Waals surface area contributed by atoms with Crippen molar-refractivity contribution in [3.8, 4) is 0 Å². The van der Waals surface area contributed by atoms with Crippen molar-refractivity contribution in [2.45, 2.75) is 57.5 Å². The zero-order chi connectivity index (χ0) is 13.2. The maximum atomic E-state index is 9.00. The lowest BCUT2D eigenvalue weighted by atomic mass is 9.71. The molecule has 0 bridgehead atoms. The van der Waals surface area contributed by atoms with Crippen LogP contribution in [0.25, 0.3) is 0 Å². The molecule has 2 atom stereocenters. The Bertz CT molecular complexity index is 400. The van der Waals surface area contributed by atoms with Crippen LogP contribution in [0.4, 0.5) is 0 Å². The highest BCUT2D eigenvalue weighted by Crippen LogP contribution is 2.41. The molecule has 100 valence electrons. The standard InChI is InChI=1S/C16H25NO/c1-12(9-11-18)17-15-8-10-16(2,3)14-7-5-4-6-13(14)15/h4-7,12,15,17-18H,8-11H2,1-3H3. The Balaban J connectivity index is 2.20. The normalized spacial score (nSPS) is 23.4. The molecule has 2 unspecified atom stereocenters. The third-order valence-corrected chi connectivity index (χ3v) is 4.17. The molecule has 0 radical (unpaired) electrons. The highest BCUT2D eigenvalue weighted by molar-refractivity contribution is 5.38. The monoisotopic (exact) mass is 247 g/mol. The lowest BCUT2D eigenvalue weighted by molar-refractivity contribution is 0.255. The Kier molecular flexibility index (Phi) is 4.08. The molecule has 1 aliphatic carbocycles. The molecule has 2 nitrogen and oxygen atoms in total. The zero-order valence-corrected chi connectivity index (χ0v) is 11.7. The van der Waals surface area contributed by atoms with Gasteiger partial charge in [-0.2, -0.15) is 0 Å². The van der Waals surface area contributed by atoms with Gasteiger partial charge in [0.15, 0.2) is 0 Å². The Morgan fingerprint density at radius 2 is 2.11 bits per heavy atom. The summed E-state index contributed by atoms with van der Waals surface area (Å²) in [4.78, 5) is 0. The average Bonchev–Trinajstić information content (AvgIpc) is 2.34.